The maximum atomic E-state index is 12.6. The molecule has 0 aliphatic rings. The minimum Gasteiger partial charge on any atom is -0.339 e. The van der Waals surface area contributed by atoms with Crippen molar-refractivity contribution in [2.75, 3.05) is 10.6 Å². The van der Waals surface area contributed by atoms with Crippen molar-refractivity contribution in [3.63, 3.8) is 0 Å². The number of carbonyl (C=O) groups excluding carboxylic acids is 1. The van der Waals surface area contributed by atoms with Crippen LogP contribution in [0.3, 0.4) is 0 Å². The number of nitrogens with one attached hydrogen (secondary N) is 2. The van der Waals surface area contributed by atoms with E-state index in [1.165, 1.54) is 5.56 Å². The van der Waals surface area contributed by atoms with E-state index in [1.54, 1.807) is 4.68 Å². The predicted molar refractivity (Wildman–Crippen MR) is 136 cm³/mol. The van der Waals surface area contributed by atoms with Crippen molar-refractivity contribution >= 4 is 23.1 Å². The molecule has 7 nitrogen and oxygen atoms in total. The highest BCUT2D eigenvalue weighted by atomic mass is 16.1. The SMILES string of the molecule is Cc1nn(-c2ccc(Nc3ccc(NC(=O)c4ccc(C(C)(C)C)cc4)cc3)nn2)c(C)c1C. The minimum atomic E-state index is -0.137. The van der Waals surface area contributed by atoms with E-state index in [1.807, 2.05) is 81.4 Å². The highest BCUT2D eigenvalue weighted by molar-refractivity contribution is 6.04. The van der Waals surface area contributed by atoms with E-state index in [-0.39, 0.29) is 11.3 Å². The molecule has 4 aromatic rings. The first-order valence-electron chi connectivity index (χ1n) is 11.3. The number of carbonyl (C=O) groups is 1. The van der Waals surface area contributed by atoms with Crippen LogP contribution in [0.25, 0.3) is 5.82 Å². The summed E-state index contributed by atoms with van der Waals surface area (Å²) in [5.74, 6) is 1.16. The van der Waals surface area contributed by atoms with Crippen molar-refractivity contribution in [1.29, 1.82) is 0 Å². The molecule has 1 amide bonds. The van der Waals surface area contributed by atoms with Gasteiger partial charge in [0.05, 0.1) is 5.69 Å². The number of aryl methyl sites for hydroxylation is 1. The van der Waals surface area contributed by atoms with E-state index in [0.29, 0.717) is 17.2 Å². The van der Waals surface area contributed by atoms with E-state index in [4.69, 9.17) is 0 Å². The summed E-state index contributed by atoms with van der Waals surface area (Å²) in [4.78, 5) is 12.6. The fourth-order valence-corrected chi connectivity index (χ4v) is 3.56. The Morgan fingerprint density at radius 2 is 1.47 bits per heavy atom. The number of benzene rings is 2. The largest absolute Gasteiger partial charge is 0.339 e. The fourth-order valence-electron chi connectivity index (χ4n) is 3.56. The predicted octanol–water partition coefficient (Wildman–Crippen LogP) is 5.88. The highest BCUT2D eigenvalue weighted by Crippen LogP contribution is 2.23. The van der Waals surface area contributed by atoms with E-state index in [2.05, 4.69) is 46.7 Å². The highest BCUT2D eigenvalue weighted by Gasteiger charge is 2.14. The average molecular weight is 455 g/mol. The smallest absolute Gasteiger partial charge is 0.255 e. The van der Waals surface area contributed by atoms with Gasteiger partial charge in [0.25, 0.3) is 5.91 Å². The molecule has 2 N–H and O–H groups in total. The van der Waals surface area contributed by atoms with Gasteiger partial charge in [-0.25, -0.2) is 4.68 Å². The lowest BCUT2D eigenvalue weighted by molar-refractivity contribution is 0.102. The summed E-state index contributed by atoms with van der Waals surface area (Å²) in [6, 6.07) is 19.0. The van der Waals surface area contributed by atoms with Crippen molar-refractivity contribution in [3.05, 3.63) is 88.7 Å². The third-order valence-electron chi connectivity index (χ3n) is 5.95. The second-order valence-corrected chi connectivity index (χ2v) is 9.47. The van der Waals surface area contributed by atoms with Gasteiger partial charge in [0.2, 0.25) is 0 Å². The molecule has 0 radical (unpaired) electrons. The summed E-state index contributed by atoms with van der Waals surface area (Å²) >= 11 is 0. The van der Waals surface area contributed by atoms with Gasteiger partial charge in [-0.15, -0.1) is 10.2 Å². The molecule has 0 bridgehead atoms. The van der Waals surface area contributed by atoms with Crippen molar-refractivity contribution in [1.82, 2.24) is 20.0 Å². The summed E-state index contributed by atoms with van der Waals surface area (Å²) in [6.45, 7) is 12.5. The second kappa shape index (κ2) is 9.09. The van der Waals surface area contributed by atoms with Crippen molar-refractivity contribution in [2.24, 2.45) is 0 Å². The molecule has 34 heavy (non-hydrogen) atoms. The summed E-state index contributed by atoms with van der Waals surface area (Å²) in [7, 11) is 0. The molecule has 174 valence electrons. The lowest BCUT2D eigenvalue weighted by atomic mass is 9.87. The molecule has 0 aliphatic heterocycles. The summed E-state index contributed by atoms with van der Waals surface area (Å²) in [5.41, 5.74) is 6.62. The normalized spacial score (nSPS) is 11.4. The van der Waals surface area contributed by atoms with Crippen molar-refractivity contribution in [3.8, 4) is 5.82 Å². The van der Waals surface area contributed by atoms with Gasteiger partial charge in [0, 0.05) is 22.6 Å². The molecule has 2 aromatic heterocycles. The van der Waals surface area contributed by atoms with Gasteiger partial charge in [-0.2, -0.15) is 5.10 Å². The maximum Gasteiger partial charge on any atom is 0.255 e. The zero-order valence-corrected chi connectivity index (χ0v) is 20.5. The van der Waals surface area contributed by atoms with Gasteiger partial charge < -0.3 is 10.6 Å². The first-order chi connectivity index (χ1) is 16.1. The monoisotopic (exact) mass is 454 g/mol. The fraction of sp³-hybridized carbons (Fsp3) is 0.259. The Hall–Kier alpha value is -4.00. The van der Waals surface area contributed by atoms with E-state index >= 15 is 0 Å². The van der Waals surface area contributed by atoms with Crippen LogP contribution in [-0.2, 0) is 5.41 Å². The lowest BCUT2D eigenvalue weighted by Crippen LogP contribution is -2.14. The van der Waals surface area contributed by atoms with E-state index < -0.39 is 0 Å². The molecular weight excluding hydrogens is 424 g/mol. The third kappa shape index (κ3) is 4.98. The van der Waals surface area contributed by atoms with Crippen molar-refractivity contribution in [2.45, 2.75) is 47.0 Å². The zero-order chi connectivity index (χ0) is 24.5. The Bertz CT molecular complexity index is 1300. The number of amides is 1. The Kier molecular flexibility index (Phi) is 6.20. The molecule has 0 saturated heterocycles. The summed E-state index contributed by atoms with van der Waals surface area (Å²) in [6.07, 6.45) is 0. The van der Waals surface area contributed by atoms with Gasteiger partial charge in [0.1, 0.15) is 0 Å². The molecule has 0 fully saturated rings. The maximum absolute atomic E-state index is 12.6. The van der Waals surface area contributed by atoms with Crippen LogP contribution in [0.4, 0.5) is 17.2 Å². The first-order valence-corrected chi connectivity index (χ1v) is 11.3. The Balaban J connectivity index is 1.39. The van der Waals surface area contributed by atoms with Gasteiger partial charge >= 0.3 is 0 Å². The van der Waals surface area contributed by atoms with Crippen LogP contribution < -0.4 is 10.6 Å². The Morgan fingerprint density at radius 3 is 2.00 bits per heavy atom. The molecule has 0 aliphatic carbocycles. The molecule has 0 unspecified atom stereocenters. The first kappa shape index (κ1) is 23.2. The van der Waals surface area contributed by atoms with Gasteiger partial charge in [-0.1, -0.05) is 32.9 Å². The van der Waals surface area contributed by atoms with Crippen LogP contribution >= 0.6 is 0 Å². The molecule has 0 saturated carbocycles. The standard InChI is InChI=1S/C27H30N6O/c1-17-18(2)32-33(19(17)3)25-16-15-24(30-31-25)28-22-11-13-23(14-12-22)29-26(34)20-7-9-21(10-8-20)27(4,5)6/h7-16H,1-6H3,(H,28,30)(H,29,34). The van der Waals surface area contributed by atoms with Gasteiger partial charge in [0.15, 0.2) is 11.6 Å². The van der Waals surface area contributed by atoms with Crippen LogP contribution in [0.1, 0.15) is 53.6 Å². The second-order valence-electron chi connectivity index (χ2n) is 9.47. The van der Waals surface area contributed by atoms with Gasteiger partial charge in [-0.05, 0) is 85.8 Å². The molecule has 2 heterocycles. The Morgan fingerprint density at radius 1 is 0.824 bits per heavy atom. The molecule has 2 aromatic carbocycles. The van der Waals surface area contributed by atoms with Crippen LogP contribution in [0.15, 0.2) is 60.7 Å². The third-order valence-corrected chi connectivity index (χ3v) is 5.95. The van der Waals surface area contributed by atoms with E-state index in [9.17, 15) is 4.79 Å². The van der Waals surface area contributed by atoms with E-state index in [0.717, 1.165) is 28.3 Å². The zero-order valence-electron chi connectivity index (χ0n) is 20.5. The topological polar surface area (TPSA) is 84.7 Å². The van der Waals surface area contributed by atoms with Crippen molar-refractivity contribution < 1.29 is 4.79 Å². The van der Waals surface area contributed by atoms with Crippen LogP contribution in [0.2, 0.25) is 0 Å². The van der Waals surface area contributed by atoms with Crippen LogP contribution in [0, 0.1) is 20.8 Å². The molecule has 0 spiro atoms. The molecule has 0 atom stereocenters. The molecule has 4 rings (SSSR count). The van der Waals surface area contributed by atoms with Crippen LogP contribution in [-0.4, -0.2) is 25.9 Å². The molecular formula is C27H30N6O. The number of aromatic nitrogens is 4. The quantitative estimate of drug-likeness (QED) is 0.393. The lowest BCUT2D eigenvalue weighted by Gasteiger charge is -2.19. The summed E-state index contributed by atoms with van der Waals surface area (Å²) in [5, 5.41) is 19.3. The number of rotatable bonds is 5. The average Bonchev–Trinajstić information content (AvgIpc) is 3.07. The number of anilines is 3. The number of hydrogen-bond donors (Lipinski definition) is 2. The number of hydrogen-bond acceptors (Lipinski definition) is 5. The van der Waals surface area contributed by atoms with Gasteiger partial charge in [-0.3, -0.25) is 4.79 Å². The minimum absolute atomic E-state index is 0.0543. The molecule has 7 heteroatoms. The summed E-state index contributed by atoms with van der Waals surface area (Å²) < 4.78 is 1.80. The number of nitrogens with zero attached hydrogens (tertiary/aromatic N) is 4. The van der Waals surface area contributed by atoms with Crippen LogP contribution in [0.5, 0.6) is 0 Å². The Labute approximate surface area is 200 Å².